The van der Waals surface area contributed by atoms with Crippen molar-refractivity contribution in [2.75, 3.05) is 5.32 Å². The maximum absolute atomic E-state index is 13.4. The van der Waals surface area contributed by atoms with Crippen LogP contribution in [0.1, 0.15) is 6.92 Å². The topological polar surface area (TPSA) is 38.3 Å². The van der Waals surface area contributed by atoms with Gasteiger partial charge >= 0.3 is 0 Å². The molecule has 104 valence electrons. The summed E-state index contributed by atoms with van der Waals surface area (Å²) in [6.45, 7) is 1.55. The highest BCUT2D eigenvalue weighted by molar-refractivity contribution is 5.94. The molecule has 0 heterocycles. The first-order valence-corrected chi connectivity index (χ1v) is 6.04. The van der Waals surface area contributed by atoms with Gasteiger partial charge in [-0.05, 0) is 31.2 Å². The number of para-hydroxylation sites is 1. The third-order valence-corrected chi connectivity index (χ3v) is 2.61. The molecule has 2 aromatic rings. The zero-order valence-electron chi connectivity index (χ0n) is 10.8. The first-order valence-electron chi connectivity index (χ1n) is 6.04. The molecule has 0 saturated heterocycles. The summed E-state index contributed by atoms with van der Waals surface area (Å²) in [6, 6.07) is 11.7. The Labute approximate surface area is 115 Å². The predicted molar refractivity (Wildman–Crippen MR) is 71.5 cm³/mol. The number of ether oxygens (including phenoxy) is 1. The first kappa shape index (κ1) is 14.0. The van der Waals surface area contributed by atoms with Crippen LogP contribution in [0.3, 0.4) is 0 Å². The summed E-state index contributed by atoms with van der Waals surface area (Å²) >= 11 is 0. The van der Waals surface area contributed by atoms with Crippen molar-refractivity contribution in [1.82, 2.24) is 0 Å². The second-order valence-corrected chi connectivity index (χ2v) is 4.19. The molecule has 0 fully saturated rings. The molecule has 0 aliphatic heterocycles. The Kier molecular flexibility index (Phi) is 4.30. The number of benzene rings is 2. The van der Waals surface area contributed by atoms with E-state index in [9.17, 15) is 13.6 Å². The molecule has 0 spiro atoms. The zero-order chi connectivity index (χ0) is 14.5. The second-order valence-electron chi connectivity index (χ2n) is 4.19. The quantitative estimate of drug-likeness (QED) is 0.930. The van der Waals surface area contributed by atoms with E-state index in [-0.39, 0.29) is 5.69 Å². The van der Waals surface area contributed by atoms with Gasteiger partial charge in [0.1, 0.15) is 17.4 Å². The minimum atomic E-state index is -0.828. The Bertz CT molecular complexity index is 602. The molecule has 2 rings (SSSR count). The molecular weight excluding hydrogens is 264 g/mol. The lowest BCUT2D eigenvalue weighted by molar-refractivity contribution is -0.122. The highest BCUT2D eigenvalue weighted by Crippen LogP contribution is 2.16. The molecule has 0 saturated carbocycles. The smallest absolute Gasteiger partial charge is 0.265 e. The molecule has 0 aliphatic rings. The van der Waals surface area contributed by atoms with Gasteiger partial charge in [0.2, 0.25) is 0 Å². The minimum Gasteiger partial charge on any atom is -0.481 e. The SMILES string of the molecule is C[C@@H](Oc1ccccc1)C(=O)Nc1ccc(F)cc1F. The van der Waals surface area contributed by atoms with E-state index in [0.717, 1.165) is 12.1 Å². The van der Waals surface area contributed by atoms with Crippen LogP contribution in [0.2, 0.25) is 0 Å². The minimum absolute atomic E-state index is 0.0834. The number of hydrogen-bond donors (Lipinski definition) is 1. The molecule has 2 aromatic carbocycles. The molecule has 0 aromatic heterocycles. The number of amides is 1. The van der Waals surface area contributed by atoms with Crippen molar-refractivity contribution in [2.24, 2.45) is 0 Å². The molecular formula is C15H13F2NO2. The van der Waals surface area contributed by atoms with Crippen LogP contribution in [0.4, 0.5) is 14.5 Å². The van der Waals surface area contributed by atoms with Crippen molar-refractivity contribution >= 4 is 11.6 Å². The first-order chi connectivity index (χ1) is 9.56. The molecule has 0 bridgehead atoms. The van der Waals surface area contributed by atoms with Crippen LogP contribution >= 0.6 is 0 Å². The highest BCUT2D eigenvalue weighted by Gasteiger charge is 2.16. The normalized spacial score (nSPS) is 11.8. The Morgan fingerprint density at radius 2 is 1.85 bits per heavy atom. The van der Waals surface area contributed by atoms with Crippen LogP contribution < -0.4 is 10.1 Å². The van der Waals surface area contributed by atoms with Crippen molar-refractivity contribution in [3.63, 3.8) is 0 Å². The van der Waals surface area contributed by atoms with Crippen LogP contribution in [0.25, 0.3) is 0 Å². The number of rotatable bonds is 4. The van der Waals surface area contributed by atoms with E-state index >= 15 is 0 Å². The number of halogens is 2. The van der Waals surface area contributed by atoms with Gasteiger partial charge in [0, 0.05) is 6.07 Å². The summed E-state index contributed by atoms with van der Waals surface area (Å²) in [5, 5.41) is 2.35. The lowest BCUT2D eigenvalue weighted by Gasteiger charge is -2.15. The van der Waals surface area contributed by atoms with E-state index in [1.165, 1.54) is 0 Å². The average Bonchev–Trinajstić information content (AvgIpc) is 2.43. The lowest BCUT2D eigenvalue weighted by atomic mass is 10.2. The molecule has 1 amide bonds. The fraction of sp³-hybridized carbons (Fsp3) is 0.133. The summed E-state index contributed by atoms with van der Waals surface area (Å²) in [4.78, 5) is 11.9. The number of carbonyl (C=O) groups excluding carboxylic acids is 1. The van der Waals surface area contributed by atoms with Gasteiger partial charge < -0.3 is 10.1 Å². The van der Waals surface area contributed by atoms with Crippen LogP contribution in [0, 0.1) is 11.6 Å². The fourth-order valence-electron chi connectivity index (χ4n) is 1.58. The van der Waals surface area contributed by atoms with Crippen LogP contribution in [-0.4, -0.2) is 12.0 Å². The van der Waals surface area contributed by atoms with Crippen molar-refractivity contribution in [1.29, 1.82) is 0 Å². The van der Waals surface area contributed by atoms with Gasteiger partial charge in [-0.1, -0.05) is 18.2 Å². The molecule has 0 radical (unpaired) electrons. The molecule has 20 heavy (non-hydrogen) atoms. The number of anilines is 1. The van der Waals surface area contributed by atoms with Crippen LogP contribution in [-0.2, 0) is 4.79 Å². The fourth-order valence-corrected chi connectivity index (χ4v) is 1.58. The molecule has 1 N–H and O–H groups in total. The van der Waals surface area contributed by atoms with Gasteiger partial charge in [-0.3, -0.25) is 4.79 Å². The van der Waals surface area contributed by atoms with Gasteiger partial charge in [0.05, 0.1) is 5.69 Å². The Morgan fingerprint density at radius 3 is 2.50 bits per heavy atom. The van der Waals surface area contributed by atoms with Gasteiger partial charge in [-0.25, -0.2) is 8.78 Å². The van der Waals surface area contributed by atoms with E-state index in [2.05, 4.69) is 5.32 Å². The van der Waals surface area contributed by atoms with Gasteiger partial charge in [0.15, 0.2) is 6.10 Å². The summed E-state index contributed by atoms with van der Waals surface area (Å²) < 4.78 is 31.6. The molecule has 5 heteroatoms. The van der Waals surface area contributed by atoms with E-state index in [4.69, 9.17) is 4.74 Å². The largest absolute Gasteiger partial charge is 0.481 e. The highest BCUT2D eigenvalue weighted by atomic mass is 19.1. The maximum atomic E-state index is 13.4. The van der Waals surface area contributed by atoms with Crippen molar-refractivity contribution in [3.05, 3.63) is 60.2 Å². The van der Waals surface area contributed by atoms with E-state index in [0.29, 0.717) is 11.8 Å². The van der Waals surface area contributed by atoms with Gasteiger partial charge in [-0.2, -0.15) is 0 Å². The van der Waals surface area contributed by atoms with Gasteiger partial charge in [-0.15, -0.1) is 0 Å². The summed E-state index contributed by atoms with van der Waals surface area (Å²) in [7, 11) is 0. The maximum Gasteiger partial charge on any atom is 0.265 e. The molecule has 1 atom stereocenters. The molecule has 0 unspecified atom stereocenters. The third kappa shape index (κ3) is 3.54. The summed E-state index contributed by atoms with van der Waals surface area (Å²) in [6.07, 6.45) is -0.804. The van der Waals surface area contributed by atoms with Crippen LogP contribution in [0.5, 0.6) is 5.75 Å². The van der Waals surface area contributed by atoms with Crippen molar-refractivity contribution < 1.29 is 18.3 Å². The number of carbonyl (C=O) groups is 1. The monoisotopic (exact) mass is 277 g/mol. The standard InChI is InChI=1S/C15H13F2NO2/c1-10(20-12-5-3-2-4-6-12)15(19)18-14-8-7-11(16)9-13(14)17/h2-10H,1H3,(H,18,19)/t10-/m1/s1. The Morgan fingerprint density at radius 1 is 1.15 bits per heavy atom. The average molecular weight is 277 g/mol. The van der Waals surface area contributed by atoms with E-state index in [1.807, 2.05) is 6.07 Å². The van der Waals surface area contributed by atoms with E-state index < -0.39 is 23.6 Å². The Balaban J connectivity index is 2.01. The van der Waals surface area contributed by atoms with E-state index in [1.54, 1.807) is 31.2 Å². The summed E-state index contributed by atoms with van der Waals surface area (Å²) in [5.74, 6) is -1.51. The summed E-state index contributed by atoms with van der Waals surface area (Å²) in [5.41, 5.74) is -0.0834. The Hall–Kier alpha value is -2.43. The van der Waals surface area contributed by atoms with Crippen LogP contribution in [0.15, 0.2) is 48.5 Å². The van der Waals surface area contributed by atoms with Gasteiger partial charge in [0.25, 0.3) is 5.91 Å². The molecule has 3 nitrogen and oxygen atoms in total. The number of nitrogens with one attached hydrogen (secondary N) is 1. The molecule has 0 aliphatic carbocycles. The predicted octanol–water partition coefficient (Wildman–Crippen LogP) is 3.37. The zero-order valence-corrected chi connectivity index (χ0v) is 10.8. The lowest BCUT2D eigenvalue weighted by Crippen LogP contribution is -2.30. The van der Waals surface area contributed by atoms with Crippen molar-refractivity contribution in [3.8, 4) is 5.75 Å². The third-order valence-electron chi connectivity index (χ3n) is 2.61. The van der Waals surface area contributed by atoms with Crippen molar-refractivity contribution in [2.45, 2.75) is 13.0 Å². The number of hydrogen-bond acceptors (Lipinski definition) is 2. The second kappa shape index (κ2) is 6.14.